The van der Waals surface area contributed by atoms with Gasteiger partial charge in [-0.3, -0.25) is 4.79 Å². The summed E-state index contributed by atoms with van der Waals surface area (Å²) in [7, 11) is 1.87. The first-order chi connectivity index (χ1) is 12.9. The zero-order chi connectivity index (χ0) is 19.6. The summed E-state index contributed by atoms with van der Waals surface area (Å²) in [5, 5.41) is 12.4. The van der Waals surface area contributed by atoms with E-state index in [9.17, 15) is 4.79 Å². The Morgan fingerprint density at radius 1 is 1.19 bits per heavy atom. The Labute approximate surface area is 168 Å². The molecule has 140 valence electrons. The van der Waals surface area contributed by atoms with Crippen LogP contribution in [0.25, 0.3) is 11.4 Å². The fourth-order valence-electron chi connectivity index (χ4n) is 2.61. The molecule has 0 spiro atoms. The summed E-state index contributed by atoms with van der Waals surface area (Å²) in [5.74, 6) is 0.598. The van der Waals surface area contributed by atoms with Crippen molar-refractivity contribution < 1.29 is 4.79 Å². The monoisotopic (exact) mass is 400 g/mol. The van der Waals surface area contributed by atoms with Gasteiger partial charge >= 0.3 is 0 Å². The van der Waals surface area contributed by atoms with Crippen molar-refractivity contribution in [3.8, 4) is 11.4 Å². The summed E-state index contributed by atoms with van der Waals surface area (Å²) in [4.78, 5) is 12.6. The van der Waals surface area contributed by atoms with Crippen molar-refractivity contribution in [2.45, 2.75) is 31.2 Å². The zero-order valence-corrected chi connectivity index (χ0v) is 17.2. The van der Waals surface area contributed by atoms with E-state index in [1.165, 1.54) is 11.8 Å². The maximum atomic E-state index is 12.6. The van der Waals surface area contributed by atoms with Crippen LogP contribution in [0.15, 0.2) is 47.6 Å². The number of nitrogens with one attached hydrogen (secondary N) is 1. The Balaban J connectivity index is 1.75. The maximum absolute atomic E-state index is 12.6. The predicted octanol–water partition coefficient (Wildman–Crippen LogP) is 4.87. The van der Waals surface area contributed by atoms with Crippen LogP contribution in [0.3, 0.4) is 0 Å². The number of aryl methyl sites for hydroxylation is 2. The Morgan fingerprint density at radius 2 is 1.93 bits per heavy atom. The molecule has 3 aromatic rings. The number of nitrogens with zero attached hydrogens (tertiary/aromatic N) is 3. The number of carbonyl (C=O) groups is 1. The molecule has 1 amide bonds. The number of anilines is 1. The van der Waals surface area contributed by atoms with Crippen LogP contribution < -0.4 is 5.32 Å². The molecule has 0 radical (unpaired) electrons. The van der Waals surface area contributed by atoms with Gasteiger partial charge in [0.2, 0.25) is 5.91 Å². The molecule has 0 aliphatic rings. The molecule has 5 nitrogen and oxygen atoms in total. The zero-order valence-electron chi connectivity index (χ0n) is 15.7. The topological polar surface area (TPSA) is 59.8 Å². The van der Waals surface area contributed by atoms with Gasteiger partial charge in [0.25, 0.3) is 0 Å². The lowest BCUT2D eigenvalue weighted by Crippen LogP contribution is -2.23. The molecule has 7 heteroatoms. The molecular weight excluding hydrogens is 380 g/mol. The molecule has 27 heavy (non-hydrogen) atoms. The van der Waals surface area contributed by atoms with E-state index < -0.39 is 0 Å². The van der Waals surface area contributed by atoms with Gasteiger partial charge in [-0.1, -0.05) is 47.6 Å². The van der Waals surface area contributed by atoms with Crippen LogP contribution in [0, 0.1) is 13.8 Å². The number of hydrogen-bond donors (Lipinski definition) is 1. The molecule has 0 saturated carbocycles. The molecule has 0 aliphatic carbocycles. The van der Waals surface area contributed by atoms with Crippen molar-refractivity contribution in [3.63, 3.8) is 0 Å². The highest BCUT2D eigenvalue weighted by molar-refractivity contribution is 8.00. The summed E-state index contributed by atoms with van der Waals surface area (Å²) >= 11 is 7.63. The highest BCUT2D eigenvalue weighted by atomic mass is 35.5. The van der Waals surface area contributed by atoms with E-state index in [-0.39, 0.29) is 11.2 Å². The lowest BCUT2D eigenvalue weighted by molar-refractivity contribution is -0.115. The Hall–Kier alpha value is -2.31. The normalized spacial score (nSPS) is 12.0. The standard InChI is InChI=1S/C20H21ClN4OS/c1-12-9-10-13(2)17(11-12)22-19(26)14(3)27-20-24-23-18(25(20)4)15-7-5-6-8-16(15)21/h5-11,14H,1-4H3,(H,22,26)/t14-/m0/s1. The van der Waals surface area contributed by atoms with Gasteiger partial charge < -0.3 is 9.88 Å². The van der Waals surface area contributed by atoms with Gasteiger partial charge in [0.1, 0.15) is 0 Å². The molecule has 0 saturated heterocycles. The Morgan fingerprint density at radius 3 is 2.67 bits per heavy atom. The second kappa shape index (κ2) is 8.15. The van der Waals surface area contributed by atoms with E-state index >= 15 is 0 Å². The van der Waals surface area contributed by atoms with Crippen LogP contribution >= 0.6 is 23.4 Å². The lowest BCUT2D eigenvalue weighted by Gasteiger charge is -2.14. The van der Waals surface area contributed by atoms with Crippen molar-refractivity contribution in [2.24, 2.45) is 7.05 Å². The van der Waals surface area contributed by atoms with Crippen molar-refractivity contribution in [1.29, 1.82) is 0 Å². The Bertz CT molecular complexity index is 986. The molecule has 0 aliphatic heterocycles. The second-order valence-corrected chi connectivity index (χ2v) is 8.13. The smallest absolute Gasteiger partial charge is 0.237 e. The van der Waals surface area contributed by atoms with Gasteiger partial charge in [-0.2, -0.15) is 0 Å². The quantitative estimate of drug-likeness (QED) is 0.620. The van der Waals surface area contributed by atoms with Crippen molar-refractivity contribution in [3.05, 3.63) is 58.6 Å². The molecular formula is C20H21ClN4OS. The minimum Gasteiger partial charge on any atom is -0.325 e. The van der Waals surface area contributed by atoms with Gasteiger partial charge in [-0.25, -0.2) is 0 Å². The highest BCUT2D eigenvalue weighted by Crippen LogP contribution is 2.30. The van der Waals surface area contributed by atoms with Crippen molar-refractivity contribution in [1.82, 2.24) is 14.8 Å². The molecule has 2 aromatic carbocycles. The maximum Gasteiger partial charge on any atom is 0.237 e. The fraction of sp³-hybridized carbons (Fsp3) is 0.250. The van der Waals surface area contributed by atoms with E-state index in [4.69, 9.17) is 11.6 Å². The first-order valence-electron chi connectivity index (χ1n) is 8.56. The average Bonchev–Trinajstić information content (AvgIpc) is 2.99. The van der Waals surface area contributed by atoms with Crippen LogP contribution in [0.5, 0.6) is 0 Å². The van der Waals surface area contributed by atoms with Gasteiger partial charge in [0.15, 0.2) is 11.0 Å². The van der Waals surface area contributed by atoms with Gasteiger partial charge in [-0.05, 0) is 50.1 Å². The molecule has 1 heterocycles. The largest absolute Gasteiger partial charge is 0.325 e. The van der Waals surface area contributed by atoms with Crippen LogP contribution in [0.2, 0.25) is 5.02 Å². The number of thioether (sulfide) groups is 1. The number of benzene rings is 2. The number of aromatic nitrogens is 3. The fourth-order valence-corrected chi connectivity index (χ4v) is 3.65. The average molecular weight is 401 g/mol. The van der Waals surface area contributed by atoms with E-state index in [0.29, 0.717) is 16.0 Å². The van der Waals surface area contributed by atoms with Crippen LogP contribution in [0.4, 0.5) is 5.69 Å². The molecule has 0 unspecified atom stereocenters. The van der Waals surface area contributed by atoms with Crippen LogP contribution in [-0.4, -0.2) is 25.9 Å². The molecule has 0 fully saturated rings. The highest BCUT2D eigenvalue weighted by Gasteiger charge is 2.20. The van der Waals surface area contributed by atoms with E-state index in [2.05, 4.69) is 15.5 Å². The summed E-state index contributed by atoms with van der Waals surface area (Å²) in [6.45, 7) is 5.84. The molecule has 1 atom stereocenters. The summed E-state index contributed by atoms with van der Waals surface area (Å²) in [6, 6.07) is 13.5. The Kier molecular flexibility index (Phi) is 5.87. The van der Waals surface area contributed by atoms with Gasteiger partial charge in [0, 0.05) is 18.3 Å². The van der Waals surface area contributed by atoms with E-state index in [1.807, 2.05) is 74.9 Å². The first-order valence-corrected chi connectivity index (χ1v) is 9.81. The summed E-state index contributed by atoms with van der Waals surface area (Å²) in [5.41, 5.74) is 3.79. The molecule has 1 aromatic heterocycles. The van der Waals surface area contributed by atoms with Gasteiger partial charge in [0.05, 0.1) is 10.3 Å². The lowest BCUT2D eigenvalue weighted by atomic mass is 10.1. The number of hydrogen-bond acceptors (Lipinski definition) is 4. The van der Waals surface area contributed by atoms with Crippen molar-refractivity contribution >= 4 is 35.0 Å². The third-order valence-corrected chi connectivity index (χ3v) is 5.72. The summed E-state index contributed by atoms with van der Waals surface area (Å²) in [6.07, 6.45) is 0. The number of amides is 1. The van der Waals surface area contributed by atoms with E-state index in [0.717, 1.165) is 22.4 Å². The number of halogens is 1. The summed E-state index contributed by atoms with van der Waals surface area (Å²) < 4.78 is 1.85. The SMILES string of the molecule is Cc1ccc(C)c(NC(=O)[C@H](C)Sc2nnc(-c3ccccc3Cl)n2C)c1. The number of rotatable bonds is 5. The number of carbonyl (C=O) groups excluding carboxylic acids is 1. The van der Waals surface area contributed by atoms with Crippen molar-refractivity contribution in [2.75, 3.05) is 5.32 Å². The van der Waals surface area contributed by atoms with Gasteiger partial charge in [-0.15, -0.1) is 10.2 Å². The second-order valence-electron chi connectivity index (χ2n) is 6.41. The van der Waals surface area contributed by atoms with Crippen LogP contribution in [0.1, 0.15) is 18.1 Å². The van der Waals surface area contributed by atoms with Crippen LogP contribution in [-0.2, 0) is 11.8 Å². The molecule has 1 N–H and O–H groups in total. The predicted molar refractivity (Wildman–Crippen MR) is 111 cm³/mol. The van der Waals surface area contributed by atoms with E-state index in [1.54, 1.807) is 0 Å². The third kappa shape index (κ3) is 4.34. The minimum atomic E-state index is -0.327. The molecule has 0 bridgehead atoms. The third-order valence-electron chi connectivity index (χ3n) is 4.25. The first kappa shape index (κ1) is 19.5. The molecule has 3 rings (SSSR count). The minimum absolute atomic E-state index is 0.0732.